The fourth-order valence-corrected chi connectivity index (χ4v) is 2.76. The van der Waals surface area contributed by atoms with Crippen molar-refractivity contribution in [1.82, 2.24) is 20.0 Å². The van der Waals surface area contributed by atoms with E-state index >= 15 is 0 Å². The third-order valence-corrected chi connectivity index (χ3v) is 4.02. The molecule has 1 aromatic heterocycles. The van der Waals surface area contributed by atoms with Crippen LogP contribution in [-0.4, -0.2) is 47.9 Å². The predicted octanol–water partition coefficient (Wildman–Crippen LogP) is 2.86. The van der Waals surface area contributed by atoms with Crippen molar-refractivity contribution >= 4 is 17.6 Å². The van der Waals surface area contributed by atoms with E-state index in [1.165, 1.54) is 0 Å². The molecule has 0 saturated carbocycles. The van der Waals surface area contributed by atoms with Crippen molar-refractivity contribution in [1.29, 1.82) is 0 Å². The molecule has 0 amide bonds. The third kappa shape index (κ3) is 5.76. The van der Waals surface area contributed by atoms with E-state index in [0.29, 0.717) is 11.6 Å². The number of halogens is 1. The molecule has 1 heterocycles. The van der Waals surface area contributed by atoms with Gasteiger partial charge in [-0.15, -0.1) is 0 Å². The molecule has 1 atom stereocenters. The van der Waals surface area contributed by atoms with Crippen LogP contribution in [0.2, 0.25) is 5.02 Å². The zero-order valence-corrected chi connectivity index (χ0v) is 16.0. The number of aromatic nitrogens is 2. The lowest BCUT2D eigenvalue weighted by atomic mass is 10.1. The first-order valence-corrected chi connectivity index (χ1v) is 8.66. The topological polar surface area (TPSA) is 54.7 Å². The number of hydrogen-bond acceptors (Lipinski definition) is 3. The Morgan fingerprint density at radius 2 is 2.28 bits per heavy atom. The number of rotatable bonds is 7. The van der Waals surface area contributed by atoms with Gasteiger partial charge in [0, 0.05) is 51.1 Å². The van der Waals surface area contributed by atoms with Crippen LogP contribution in [0.1, 0.15) is 24.2 Å². The van der Waals surface area contributed by atoms with Crippen LogP contribution in [0.15, 0.2) is 41.7 Å². The molecule has 0 aliphatic carbocycles. The summed E-state index contributed by atoms with van der Waals surface area (Å²) in [5, 5.41) is 8.22. The standard InChI is InChI=1S/C18H26ClN5O/c1-5-20-18(23(2)12-14-10-22-24(3)13-14)21-11-17(25-4)15-7-6-8-16(19)9-15/h6-10,13,17H,5,11-12H2,1-4H3,(H,20,21). The Kier molecular flexibility index (Phi) is 7.28. The number of hydrogen-bond donors (Lipinski definition) is 1. The Morgan fingerprint density at radius 1 is 1.48 bits per heavy atom. The van der Waals surface area contributed by atoms with Crippen molar-refractivity contribution in [3.05, 3.63) is 52.8 Å². The molecule has 7 heteroatoms. The molecule has 25 heavy (non-hydrogen) atoms. The van der Waals surface area contributed by atoms with Gasteiger partial charge in [-0.2, -0.15) is 5.10 Å². The molecule has 0 fully saturated rings. The summed E-state index contributed by atoms with van der Waals surface area (Å²) < 4.78 is 7.39. The summed E-state index contributed by atoms with van der Waals surface area (Å²) in [5.74, 6) is 0.829. The molecule has 1 aromatic carbocycles. The first-order chi connectivity index (χ1) is 12.0. The summed E-state index contributed by atoms with van der Waals surface area (Å²) in [6.07, 6.45) is 3.73. The zero-order chi connectivity index (χ0) is 18.2. The van der Waals surface area contributed by atoms with E-state index in [2.05, 4.69) is 22.2 Å². The number of guanidine groups is 1. The maximum Gasteiger partial charge on any atom is 0.194 e. The molecule has 0 aliphatic heterocycles. The molecular weight excluding hydrogens is 338 g/mol. The fraction of sp³-hybridized carbons (Fsp3) is 0.444. The van der Waals surface area contributed by atoms with Gasteiger partial charge in [-0.1, -0.05) is 23.7 Å². The van der Waals surface area contributed by atoms with Gasteiger partial charge in [-0.3, -0.25) is 9.67 Å². The highest BCUT2D eigenvalue weighted by atomic mass is 35.5. The molecular formula is C18H26ClN5O. The van der Waals surface area contributed by atoms with Crippen molar-refractivity contribution in [2.24, 2.45) is 12.0 Å². The van der Waals surface area contributed by atoms with E-state index in [9.17, 15) is 0 Å². The van der Waals surface area contributed by atoms with Gasteiger partial charge in [0.05, 0.1) is 12.7 Å². The second kappa shape index (κ2) is 9.44. The average molecular weight is 364 g/mol. The summed E-state index contributed by atoms with van der Waals surface area (Å²) in [6.45, 7) is 4.09. The number of nitrogens with one attached hydrogen (secondary N) is 1. The van der Waals surface area contributed by atoms with Crippen LogP contribution >= 0.6 is 11.6 Å². The molecule has 1 N–H and O–H groups in total. The van der Waals surface area contributed by atoms with Crippen LogP contribution in [0.4, 0.5) is 0 Å². The van der Waals surface area contributed by atoms with Crippen molar-refractivity contribution in [3.63, 3.8) is 0 Å². The van der Waals surface area contributed by atoms with Crippen LogP contribution in [-0.2, 0) is 18.3 Å². The minimum absolute atomic E-state index is 0.140. The third-order valence-electron chi connectivity index (χ3n) is 3.79. The highest BCUT2D eigenvalue weighted by Crippen LogP contribution is 2.20. The van der Waals surface area contributed by atoms with Crippen molar-refractivity contribution in [3.8, 4) is 0 Å². The lowest BCUT2D eigenvalue weighted by Gasteiger charge is -2.22. The maximum absolute atomic E-state index is 6.08. The van der Waals surface area contributed by atoms with Gasteiger partial charge in [-0.25, -0.2) is 0 Å². The minimum Gasteiger partial charge on any atom is -0.375 e. The lowest BCUT2D eigenvalue weighted by Crippen LogP contribution is -2.38. The number of benzene rings is 1. The minimum atomic E-state index is -0.140. The molecule has 136 valence electrons. The number of ether oxygens (including phenoxy) is 1. The summed E-state index contributed by atoms with van der Waals surface area (Å²) in [5.41, 5.74) is 2.15. The number of aryl methyl sites for hydroxylation is 1. The van der Waals surface area contributed by atoms with Gasteiger partial charge in [-0.05, 0) is 24.6 Å². The second-order valence-corrected chi connectivity index (χ2v) is 6.29. The van der Waals surface area contributed by atoms with E-state index in [4.69, 9.17) is 21.3 Å². The first-order valence-electron chi connectivity index (χ1n) is 8.28. The highest BCUT2D eigenvalue weighted by Gasteiger charge is 2.13. The zero-order valence-electron chi connectivity index (χ0n) is 15.2. The molecule has 0 saturated heterocycles. The number of nitrogens with zero attached hydrogens (tertiary/aromatic N) is 4. The molecule has 0 bridgehead atoms. The maximum atomic E-state index is 6.08. The van der Waals surface area contributed by atoms with Gasteiger partial charge in [0.15, 0.2) is 5.96 Å². The van der Waals surface area contributed by atoms with Gasteiger partial charge in [0.1, 0.15) is 6.10 Å². The van der Waals surface area contributed by atoms with E-state index in [1.54, 1.807) is 11.8 Å². The largest absolute Gasteiger partial charge is 0.375 e. The normalized spacial score (nSPS) is 12.9. The van der Waals surface area contributed by atoms with Gasteiger partial charge in [0.25, 0.3) is 0 Å². The Morgan fingerprint density at radius 3 is 2.88 bits per heavy atom. The molecule has 1 unspecified atom stereocenters. The molecule has 6 nitrogen and oxygen atoms in total. The SMILES string of the molecule is CCNC(=NCC(OC)c1cccc(Cl)c1)N(C)Cc1cnn(C)c1. The monoisotopic (exact) mass is 363 g/mol. The smallest absolute Gasteiger partial charge is 0.194 e. The van der Waals surface area contributed by atoms with E-state index in [1.807, 2.05) is 50.8 Å². The van der Waals surface area contributed by atoms with Gasteiger partial charge in [0.2, 0.25) is 0 Å². The summed E-state index contributed by atoms with van der Waals surface area (Å²) in [6, 6.07) is 7.69. The van der Waals surface area contributed by atoms with Crippen molar-refractivity contribution in [2.45, 2.75) is 19.6 Å². The van der Waals surface area contributed by atoms with E-state index in [0.717, 1.165) is 30.2 Å². The Hall–Kier alpha value is -2.05. The lowest BCUT2D eigenvalue weighted by molar-refractivity contribution is 0.110. The van der Waals surface area contributed by atoms with Gasteiger partial charge >= 0.3 is 0 Å². The Balaban J connectivity index is 2.08. The molecule has 0 spiro atoms. The van der Waals surface area contributed by atoms with Crippen LogP contribution in [0.5, 0.6) is 0 Å². The van der Waals surface area contributed by atoms with Crippen LogP contribution in [0, 0.1) is 0 Å². The van der Waals surface area contributed by atoms with Crippen LogP contribution in [0.3, 0.4) is 0 Å². The quantitative estimate of drug-likeness (QED) is 0.607. The Bertz CT molecular complexity index is 700. The summed E-state index contributed by atoms with van der Waals surface area (Å²) in [7, 11) is 5.61. The highest BCUT2D eigenvalue weighted by molar-refractivity contribution is 6.30. The van der Waals surface area contributed by atoms with Crippen molar-refractivity contribution in [2.75, 3.05) is 27.2 Å². The fourth-order valence-electron chi connectivity index (χ4n) is 2.56. The Labute approximate surface area is 154 Å². The average Bonchev–Trinajstić information content (AvgIpc) is 2.99. The van der Waals surface area contributed by atoms with Crippen molar-refractivity contribution < 1.29 is 4.74 Å². The van der Waals surface area contributed by atoms with Crippen LogP contribution in [0.25, 0.3) is 0 Å². The van der Waals surface area contributed by atoms with E-state index in [-0.39, 0.29) is 6.10 Å². The number of aliphatic imine (C=N–C) groups is 1. The molecule has 0 radical (unpaired) electrons. The molecule has 2 rings (SSSR count). The molecule has 2 aromatic rings. The van der Waals surface area contributed by atoms with Gasteiger partial charge < -0.3 is 15.0 Å². The summed E-state index contributed by atoms with van der Waals surface area (Å²) in [4.78, 5) is 6.80. The molecule has 0 aliphatic rings. The first kappa shape index (κ1) is 19.3. The predicted molar refractivity (Wildman–Crippen MR) is 102 cm³/mol. The van der Waals surface area contributed by atoms with E-state index < -0.39 is 0 Å². The van der Waals surface area contributed by atoms with Crippen LogP contribution < -0.4 is 5.32 Å². The number of methoxy groups -OCH3 is 1. The second-order valence-electron chi connectivity index (χ2n) is 5.85. The summed E-state index contributed by atoms with van der Waals surface area (Å²) >= 11 is 6.08.